The third-order valence-corrected chi connectivity index (χ3v) is 5.15. The maximum Gasteiger partial charge on any atom is 0.416 e. The van der Waals surface area contributed by atoms with Crippen molar-refractivity contribution in [2.45, 2.75) is 24.4 Å². The lowest BCUT2D eigenvalue weighted by atomic mass is 9.74. The van der Waals surface area contributed by atoms with Gasteiger partial charge in [-0.1, -0.05) is 24.3 Å². The Balaban J connectivity index is 1.82. The number of ether oxygens (including phenoxy) is 2. The van der Waals surface area contributed by atoms with Crippen LogP contribution in [0.4, 0.5) is 18.9 Å². The predicted octanol–water partition coefficient (Wildman–Crippen LogP) is 4.19. The third kappa shape index (κ3) is 5.20. The Morgan fingerprint density at radius 2 is 1.90 bits per heavy atom. The van der Waals surface area contributed by atoms with Crippen LogP contribution in [-0.4, -0.2) is 32.8 Å². The van der Waals surface area contributed by atoms with Crippen molar-refractivity contribution in [1.29, 1.82) is 0 Å². The Hall–Kier alpha value is -2.74. The summed E-state index contributed by atoms with van der Waals surface area (Å²) >= 11 is 0. The highest BCUT2D eigenvalue weighted by molar-refractivity contribution is 5.92. The van der Waals surface area contributed by atoms with Crippen LogP contribution in [0.5, 0.6) is 5.75 Å². The molecule has 156 valence electrons. The molecule has 1 fully saturated rings. The molecule has 0 unspecified atom stereocenters. The minimum Gasteiger partial charge on any atom is -0.497 e. The van der Waals surface area contributed by atoms with Crippen LogP contribution in [0.2, 0.25) is 0 Å². The summed E-state index contributed by atoms with van der Waals surface area (Å²) in [6.45, 7) is 1.20. The second-order valence-corrected chi connectivity index (χ2v) is 7.03. The number of aliphatic imine (C=N–C) groups is 1. The van der Waals surface area contributed by atoms with E-state index in [2.05, 4.69) is 10.3 Å². The number of guanidine groups is 1. The van der Waals surface area contributed by atoms with E-state index in [4.69, 9.17) is 15.2 Å². The second-order valence-electron chi connectivity index (χ2n) is 7.03. The number of hydrogen-bond donors (Lipinski definition) is 2. The Kier molecular flexibility index (Phi) is 6.32. The van der Waals surface area contributed by atoms with Crippen LogP contribution in [0.1, 0.15) is 24.0 Å². The van der Waals surface area contributed by atoms with E-state index in [0.717, 1.165) is 6.07 Å². The van der Waals surface area contributed by atoms with Crippen molar-refractivity contribution in [3.63, 3.8) is 0 Å². The van der Waals surface area contributed by atoms with E-state index in [0.29, 0.717) is 43.1 Å². The molecule has 0 saturated carbocycles. The average molecular weight is 407 g/mol. The van der Waals surface area contributed by atoms with Crippen LogP contribution >= 0.6 is 0 Å². The summed E-state index contributed by atoms with van der Waals surface area (Å²) < 4.78 is 50.2. The van der Waals surface area contributed by atoms with Gasteiger partial charge in [-0.3, -0.25) is 4.99 Å². The third-order valence-electron chi connectivity index (χ3n) is 5.15. The number of nitrogens with one attached hydrogen (secondary N) is 1. The van der Waals surface area contributed by atoms with Crippen LogP contribution in [0.15, 0.2) is 53.5 Å². The summed E-state index contributed by atoms with van der Waals surface area (Å²) in [6, 6.07) is 12.7. The summed E-state index contributed by atoms with van der Waals surface area (Å²) in [6.07, 6.45) is -3.24. The number of anilines is 1. The minimum atomic E-state index is -4.39. The molecule has 5 nitrogen and oxygen atoms in total. The van der Waals surface area contributed by atoms with Gasteiger partial charge in [0.25, 0.3) is 0 Å². The van der Waals surface area contributed by atoms with E-state index >= 15 is 0 Å². The molecular formula is C21H24F3N3O2. The molecule has 3 rings (SSSR count). The molecule has 2 aromatic carbocycles. The zero-order valence-electron chi connectivity index (χ0n) is 16.1. The van der Waals surface area contributed by atoms with Gasteiger partial charge in [0.05, 0.1) is 19.2 Å². The summed E-state index contributed by atoms with van der Waals surface area (Å²) in [5.74, 6) is 0.865. The zero-order chi connectivity index (χ0) is 20.9. The first-order valence-electron chi connectivity index (χ1n) is 9.29. The SMILES string of the molecule is COc1cccc(NC(N)=NCC2(c3cccc(C(F)(F)F)c3)CCOCC2)c1. The molecule has 1 aliphatic heterocycles. The molecule has 0 bridgehead atoms. The van der Waals surface area contributed by atoms with E-state index in [1.165, 1.54) is 12.1 Å². The number of alkyl halides is 3. The van der Waals surface area contributed by atoms with Gasteiger partial charge in [-0.2, -0.15) is 13.2 Å². The molecule has 0 amide bonds. The Morgan fingerprint density at radius 3 is 2.59 bits per heavy atom. The average Bonchev–Trinajstić information content (AvgIpc) is 2.72. The predicted molar refractivity (Wildman–Crippen MR) is 106 cm³/mol. The number of nitrogens with zero attached hydrogens (tertiary/aromatic N) is 1. The van der Waals surface area contributed by atoms with E-state index in [1.807, 2.05) is 18.2 Å². The lowest BCUT2D eigenvalue weighted by molar-refractivity contribution is -0.137. The molecule has 0 aliphatic carbocycles. The van der Waals surface area contributed by atoms with E-state index in [9.17, 15) is 13.2 Å². The molecular weight excluding hydrogens is 383 g/mol. The number of hydrogen-bond acceptors (Lipinski definition) is 3. The lowest BCUT2D eigenvalue weighted by Crippen LogP contribution is -2.38. The monoisotopic (exact) mass is 407 g/mol. The normalized spacial score (nSPS) is 17.0. The fourth-order valence-corrected chi connectivity index (χ4v) is 3.45. The van der Waals surface area contributed by atoms with Crippen molar-refractivity contribution in [3.05, 3.63) is 59.7 Å². The first-order chi connectivity index (χ1) is 13.8. The van der Waals surface area contributed by atoms with Gasteiger partial charge in [-0.25, -0.2) is 0 Å². The first kappa shape index (κ1) is 21.0. The van der Waals surface area contributed by atoms with Crippen molar-refractivity contribution in [2.75, 3.05) is 32.2 Å². The van der Waals surface area contributed by atoms with E-state index in [-0.39, 0.29) is 12.5 Å². The van der Waals surface area contributed by atoms with Crippen molar-refractivity contribution < 1.29 is 22.6 Å². The van der Waals surface area contributed by atoms with Crippen molar-refractivity contribution in [2.24, 2.45) is 10.7 Å². The Bertz CT molecular complexity index is 862. The van der Waals surface area contributed by atoms with Crippen LogP contribution in [0.25, 0.3) is 0 Å². The lowest BCUT2D eigenvalue weighted by Gasteiger charge is -2.37. The molecule has 3 N–H and O–H groups in total. The quantitative estimate of drug-likeness (QED) is 0.576. The molecule has 0 spiro atoms. The maximum atomic E-state index is 13.2. The van der Waals surface area contributed by atoms with Crippen molar-refractivity contribution in [3.8, 4) is 5.75 Å². The first-order valence-corrected chi connectivity index (χ1v) is 9.29. The van der Waals surface area contributed by atoms with Crippen LogP contribution < -0.4 is 15.8 Å². The molecule has 8 heteroatoms. The van der Waals surface area contributed by atoms with E-state index < -0.39 is 17.2 Å². The topological polar surface area (TPSA) is 68.9 Å². The molecule has 1 aliphatic rings. The summed E-state index contributed by atoms with van der Waals surface area (Å²) in [4.78, 5) is 4.44. The van der Waals surface area contributed by atoms with Crippen LogP contribution in [-0.2, 0) is 16.3 Å². The summed E-state index contributed by atoms with van der Waals surface area (Å²) in [7, 11) is 1.57. The van der Waals surface area contributed by atoms with Gasteiger partial charge >= 0.3 is 6.18 Å². The second kappa shape index (κ2) is 8.73. The number of methoxy groups -OCH3 is 1. The summed E-state index contributed by atoms with van der Waals surface area (Å²) in [5, 5.41) is 3.00. The van der Waals surface area contributed by atoms with Gasteiger partial charge in [0, 0.05) is 30.4 Å². The van der Waals surface area contributed by atoms with Crippen molar-refractivity contribution >= 4 is 11.6 Å². The highest BCUT2D eigenvalue weighted by Gasteiger charge is 2.37. The van der Waals surface area contributed by atoms with Gasteiger partial charge in [0.15, 0.2) is 5.96 Å². The highest BCUT2D eigenvalue weighted by Crippen LogP contribution is 2.38. The maximum absolute atomic E-state index is 13.2. The summed E-state index contributed by atoms with van der Waals surface area (Å²) in [5.41, 5.74) is 6.14. The van der Waals surface area contributed by atoms with Gasteiger partial charge < -0.3 is 20.5 Å². The van der Waals surface area contributed by atoms with Crippen molar-refractivity contribution in [1.82, 2.24) is 0 Å². The number of nitrogens with two attached hydrogens (primary N) is 1. The largest absolute Gasteiger partial charge is 0.497 e. The van der Waals surface area contributed by atoms with Crippen LogP contribution in [0, 0.1) is 0 Å². The fourth-order valence-electron chi connectivity index (χ4n) is 3.45. The molecule has 29 heavy (non-hydrogen) atoms. The van der Waals surface area contributed by atoms with Crippen LogP contribution in [0.3, 0.4) is 0 Å². The van der Waals surface area contributed by atoms with Gasteiger partial charge in [0.1, 0.15) is 5.75 Å². The molecule has 0 atom stereocenters. The standard InChI is InChI=1S/C21H24F3N3O2/c1-28-18-7-3-6-17(13-18)27-19(25)26-14-20(8-10-29-11-9-20)15-4-2-5-16(12-15)21(22,23)24/h2-7,12-13H,8-11,14H2,1H3,(H3,25,26,27). The van der Waals surface area contributed by atoms with E-state index in [1.54, 1.807) is 19.2 Å². The van der Waals surface area contributed by atoms with Gasteiger partial charge in [-0.05, 0) is 36.6 Å². The molecule has 0 aromatic heterocycles. The van der Waals surface area contributed by atoms with Gasteiger partial charge in [0.2, 0.25) is 0 Å². The smallest absolute Gasteiger partial charge is 0.416 e. The Labute approximate surface area is 167 Å². The molecule has 2 aromatic rings. The fraction of sp³-hybridized carbons (Fsp3) is 0.381. The highest BCUT2D eigenvalue weighted by atomic mass is 19.4. The number of halogens is 3. The Morgan fingerprint density at radius 1 is 1.17 bits per heavy atom. The molecule has 0 radical (unpaired) electrons. The molecule has 1 heterocycles. The number of benzene rings is 2. The molecule has 1 saturated heterocycles. The number of rotatable bonds is 5. The zero-order valence-corrected chi connectivity index (χ0v) is 16.1. The van der Waals surface area contributed by atoms with Gasteiger partial charge in [-0.15, -0.1) is 0 Å². The minimum absolute atomic E-state index is 0.191.